The van der Waals surface area contributed by atoms with E-state index in [4.69, 9.17) is 22.1 Å². The first-order chi connectivity index (χ1) is 8.10. The number of hydrogen-bond acceptors (Lipinski definition) is 2. The Morgan fingerprint density at radius 3 is 2.53 bits per heavy atom. The van der Waals surface area contributed by atoms with Gasteiger partial charge in [0, 0.05) is 5.02 Å². The molecule has 0 unspecified atom stereocenters. The number of halogens is 1. The SMILES string of the molecule is COc1cc(Cl)cc(CCCCN)c1C(C)C. The van der Waals surface area contributed by atoms with Crippen LogP contribution in [0.4, 0.5) is 0 Å². The van der Waals surface area contributed by atoms with E-state index in [1.54, 1.807) is 7.11 Å². The fourth-order valence-corrected chi connectivity index (χ4v) is 2.37. The van der Waals surface area contributed by atoms with E-state index in [2.05, 4.69) is 19.9 Å². The Bertz CT molecular complexity index is 363. The van der Waals surface area contributed by atoms with Gasteiger partial charge in [0.2, 0.25) is 0 Å². The highest BCUT2D eigenvalue weighted by molar-refractivity contribution is 6.30. The fraction of sp³-hybridized carbons (Fsp3) is 0.571. The first kappa shape index (κ1) is 14.3. The monoisotopic (exact) mass is 255 g/mol. The van der Waals surface area contributed by atoms with Crippen molar-refractivity contribution in [1.82, 2.24) is 0 Å². The van der Waals surface area contributed by atoms with Crippen molar-refractivity contribution in [1.29, 1.82) is 0 Å². The summed E-state index contributed by atoms with van der Waals surface area (Å²) in [5, 5.41) is 0.744. The molecule has 96 valence electrons. The molecule has 0 amide bonds. The maximum atomic E-state index is 6.11. The van der Waals surface area contributed by atoms with Gasteiger partial charge in [0.1, 0.15) is 5.75 Å². The van der Waals surface area contributed by atoms with Gasteiger partial charge in [-0.05, 0) is 55.0 Å². The van der Waals surface area contributed by atoms with Crippen LogP contribution in [0, 0.1) is 0 Å². The summed E-state index contributed by atoms with van der Waals surface area (Å²) in [6, 6.07) is 3.94. The molecule has 0 saturated heterocycles. The van der Waals surface area contributed by atoms with E-state index in [9.17, 15) is 0 Å². The van der Waals surface area contributed by atoms with Gasteiger partial charge in [-0.2, -0.15) is 0 Å². The van der Waals surface area contributed by atoms with Gasteiger partial charge < -0.3 is 10.5 Å². The summed E-state index contributed by atoms with van der Waals surface area (Å²) in [7, 11) is 1.70. The van der Waals surface area contributed by atoms with Crippen molar-refractivity contribution in [2.45, 2.75) is 39.0 Å². The summed E-state index contributed by atoms with van der Waals surface area (Å²) in [5.41, 5.74) is 8.09. The summed E-state index contributed by atoms with van der Waals surface area (Å²) in [5.74, 6) is 1.34. The lowest BCUT2D eigenvalue weighted by Gasteiger charge is -2.17. The maximum absolute atomic E-state index is 6.11. The zero-order valence-corrected chi connectivity index (χ0v) is 11.7. The average Bonchev–Trinajstić information content (AvgIpc) is 2.28. The van der Waals surface area contributed by atoms with Crippen LogP contribution in [-0.4, -0.2) is 13.7 Å². The van der Waals surface area contributed by atoms with Crippen LogP contribution in [0.25, 0.3) is 0 Å². The molecule has 2 nitrogen and oxygen atoms in total. The second-order valence-electron chi connectivity index (χ2n) is 4.58. The summed E-state index contributed by atoms with van der Waals surface area (Å²) in [6.45, 7) is 5.10. The minimum atomic E-state index is 0.440. The van der Waals surface area contributed by atoms with Crippen molar-refractivity contribution in [3.05, 3.63) is 28.3 Å². The summed E-state index contributed by atoms with van der Waals surface area (Å²) in [4.78, 5) is 0. The molecule has 0 aliphatic rings. The second kappa shape index (κ2) is 6.87. The number of nitrogens with two attached hydrogens (primary N) is 1. The van der Waals surface area contributed by atoms with Gasteiger partial charge in [-0.1, -0.05) is 25.4 Å². The van der Waals surface area contributed by atoms with Gasteiger partial charge in [-0.25, -0.2) is 0 Å². The number of hydrogen-bond donors (Lipinski definition) is 1. The molecule has 1 aromatic carbocycles. The molecule has 0 aromatic heterocycles. The number of aryl methyl sites for hydroxylation is 1. The predicted octanol–water partition coefficient (Wildman–Crippen LogP) is 3.75. The zero-order chi connectivity index (χ0) is 12.8. The number of ether oxygens (including phenoxy) is 1. The van der Waals surface area contributed by atoms with Crippen LogP contribution in [-0.2, 0) is 6.42 Å². The lowest BCUT2D eigenvalue weighted by molar-refractivity contribution is 0.406. The fourth-order valence-electron chi connectivity index (χ4n) is 2.14. The molecule has 0 bridgehead atoms. The molecule has 17 heavy (non-hydrogen) atoms. The lowest BCUT2D eigenvalue weighted by atomic mass is 9.93. The van der Waals surface area contributed by atoms with Crippen molar-refractivity contribution in [3.63, 3.8) is 0 Å². The summed E-state index contributed by atoms with van der Waals surface area (Å²) < 4.78 is 5.43. The molecule has 3 heteroatoms. The Morgan fingerprint density at radius 2 is 2.00 bits per heavy atom. The van der Waals surface area contributed by atoms with Gasteiger partial charge in [0.15, 0.2) is 0 Å². The van der Waals surface area contributed by atoms with E-state index in [-0.39, 0.29) is 0 Å². The van der Waals surface area contributed by atoms with Crippen LogP contribution >= 0.6 is 11.6 Å². The summed E-state index contributed by atoms with van der Waals surface area (Å²) >= 11 is 6.11. The second-order valence-corrected chi connectivity index (χ2v) is 5.02. The van der Waals surface area contributed by atoms with Crippen molar-refractivity contribution < 1.29 is 4.74 Å². The Kier molecular flexibility index (Phi) is 5.79. The minimum absolute atomic E-state index is 0.440. The van der Waals surface area contributed by atoms with Crippen LogP contribution < -0.4 is 10.5 Å². The molecule has 0 aliphatic carbocycles. The molecule has 0 saturated carbocycles. The highest BCUT2D eigenvalue weighted by atomic mass is 35.5. The Balaban J connectivity index is 3.03. The lowest BCUT2D eigenvalue weighted by Crippen LogP contribution is -2.03. The first-order valence-corrected chi connectivity index (χ1v) is 6.54. The van der Waals surface area contributed by atoms with Crippen LogP contribution in [0.15, 0.2) is 12.1 Å². The average molecular weight is 256 g/mol. The largest absolute Gasteiger partial charge is 0.496 e. The van der Waals surface area contributed by atoms with Crippen molar-refractivity contribution in [3.8, 4) is 5.75 Å². The van der Waals surface area contributed by atoms with Crippen molar-refractivity contribution in [2.24, 2.45) is 5.73 Å². The molecule has 0 spiro atoms. The number of methoxy groups -OCH3 is 1. The topological polar surface area (TPSA) is 35.2 Å². The minimum Gasteiger partial charge on any atom is -0.496 e. The Morgan fingerprint density at radius 1 is 1.29 bits per heavy atom. The van der Waals surface area contributed by atoms with E-state index in [0.717, 1.165) is 36.6 Å². The standard InChI is InChI=1S/C14H22ClNO/c1-10(2)14-11(6-4-5-7-16)8-12(15)9-13(14)17-3/h8-10H,4-7,16H2,1-3H3. The maximum Gasteiger partial charge on any atom is 0.124 e. The molecular formula is C14H22ClNO. The van der Waals surface area contributed by atoms with Crippen LogP contribution in [0.5, 0.6) is 5.75 Å². The van der Waals surface area contributed by atoms with Gasteiger partial charge in [0.25, 0.3) is 0 Å². The molecule has 1 rings (SSSR count). The van der Waals surface area contributed by atoms with E-state index in [0.29, 0.717) is 5.92 Å². The molecule has 0 atom stereocenters. The van der Waals surface area contributed by atoms with Crippen molar-refractivity contribution >= 4 is 11.6 Å². The molecule has 0 radical (unpaired) electrons. The van der Waals surface area contributed by atoms with Crippen LogP contribution in [0.2, 0.25) is 5.02 Å². The van der Waals surface area contributed by atoms with E-state index in [1.165, 1.54) is 11.1 Å². The van der Waals surface area contributed by atoms with Crippen molar-refractivity contribution in [2.75, 3.05) is 13.7 Å². The highest BCUT2D eigenvalue weighted by Crippen LogP contribution is 2.33. The first-order valence-electron chi connectivity index (χ1n) is 6.16. The number of benzene rings is 1. The quantitative estimate of drug-likeness (QED) is 0.786. The Hall–Kier alpha value is -0.730. The molecule has 0 aliphatic heterocycles. The molecular weight excluding hydrogens is 234 g/mol. The van der Waals surface area contributed by atoms with Crippen LogP contribution in [0.3, 0.4) is 0 Å². The van der Waals surface area contributed by atoms with Crippen LogP contribution in [0.1, 0.15) is 43.7 Å². The van der Waals surface area contributed by atoms with Gasteiger partial charge in [0.05, 0.1) is 7.11 Å². The summed E-state index contributed by atoms with van der Waals surface area (Å²) in [6.07, 6.45) is 3.16. The smallest absolute Gasteiger partial charge is 0.124 e. The van der Waals surface area contributed by atoms with Gasteiger partial charge >= 0.3 is 0 Å². The van der Waals surface area contributed by atoms with Gasteiger partial charge in [-0.3, -0.25) is 0 Å². The molecule has 1 aromatic rings. The third-order valence-electron chi connectivity index (χ3n) is 2.89. The van der Waals surface area contributed by atoms with E-state index < -0.39 is 0 Å². The third-order valence-corrected chi connectivity index (χ3v) is 3.11. The highest BCUT2D eigenvalue weighted by Gasteiger charge is 2.14. The zero-order valence-electron chi connectivity index (χ0n) is 10.9. The third kappa shape index (κ3) is 3.90. The molecule has 2 N–H and O–H groups in total. The number of rotatable bonds is 6. The normalized spacial score (nSPS) is 10.9. The predicted molar refractivity (Wildman–Crippen MR) is 74.1 cm³/mol. The molecule has 0 fully saturated rings. The number of unbranched alkanes of at least 4 members (excludes halogenated alkanes) is 1. The van der Waals surface area contributed by atoms with Gasteiger partial charge in [-0.15, -0.1) is 0 Å². The van der Waals surface area contributed by atoms with E-state index in [1.807, 2.05) is 6.07 Å². The van der Waals surface area contributed by atoms with E-state index >= 15 is 0 Å². The Labute approximate surface area is 109 Å². The molecule has 0 heterocycles.